The molecule has 2 N–H and O–H groups in total. The number of hydrogen-bond acceptors (Lipinski definition) is 7. The molecule has 1 aliphatic heterocycles. The summed E-state index contributed by atoms with van der Waals surface area (Å²) in [5, 5.41) is 12.4. The Balaban J connectivity index is 1.85. The number of hydrogen-bond donors (Lipinski definition) is 2. The van der Waals surface area contributed by atoms with Crippen molar-refractivity contribution in [1.29, 1.82) is 0 Å². The number of rotatable bonds is 5. The molecule has 10 nitrogen and oxygen atoms in total. The Hall–Kier alpha value is -3.29. The van der Waals surface area contributed by atoms with Crippen LogP contribution >= 0.6 is 0 Å². The molecule has 1 aromatic heterocycles. The van der Waals surface area contributed by atoms with E-state index in [1.165, 1.54) is 19.2 Å². The number of benzene rings is 1. The maximum atomic E-state index is 12.6. The van der Waals surface area contributed by atoms with E-state index in [0.717, 1.165) is 21.0 Å². The summed E-state index contributed by atoms with van der Waals surface area (Å²) in [4.78, 5) is 28.8. The monoisotopic (exact) mass is 476 g/mol. The molecule has 3 rings (SSSR count). The first kappa shape index (κ1) is 23.4. The molecule has 1 saturated heterocycles. The Morgan fingerprint density at radius 1 is 1.31 bits per heavy atom. The predicted octanol–water partition coefficient (Wildman–Crippen LogP) is 1.24. The summed E-state index contributed by atoms with van der Waals surface area (Å²) in [6.07, 6.45) is -3.92. The van der Waals surface area contributed by atoms with Gasteiger partial charge in [0.05, 0.1) is 5.75 Å². The SMILES string of the molecule is Cn1c(N2CCCCS2(=O)=O)nc(C(=O)NCc2cccc(OC(F)(F)F)c2)c(O)c1=O. The van der Waals surface area contributed by atoms with Crippen molar-refractivity contribution in [2.45, 2.75) is 25.7 Å². The van der Waals surface area contributed by atoms with Gasteiger partial charge in [-0.05, 0) is 30.5 Å². The third-order valence-electron chi connectivity index (χ3n) is 4.62. The number of amides is 1. The Labute approximate surface area is 180 Å². The lowest BCUT2D eigenvalue weighted by Gasteiger charge is -2.28. The fourth-order valence-electron chi connectivity index (χ4n) is 3.09. The van der Waals surface area contributed by atoms with E-state index in [9.17, 15) is 36.3 Å². The van der Waals surface area contributed by atoms with Crippen molar-refractivity contribution in [3.05, 3.63) is 45.9 Å². The van der Waals surface area contributed by atoms with Gasteiger partial charge in [-0.2, -0.15) is 0 Å². The largest absolute Gasteiger partial charge is 0.573 e. The second kappa shape index (κ2) is 8.68. The molecule has 0 atom stereocenters. The summed E-state index contributed by atoms with van der Waals surface area (Å²) < 4.78 is 67.4. The van der Waals surface area contributed by atoms with Crippen LogP contribution in [0.15, 0.2) is 29.1 Å². The van der Waals surface area contributed by atoms with Crippen molar-refractivity contribution < 1.29 is 36.2 Å². The molecular formula is C18H19F3N4O6S. The minimum Gasteiger partial charge on any atom is -0.501 e. The molecule has 0 spiro atoms. The van der Waals surface area contributed by atoms with Gasteiger partial charge in [0.25, 0.3) is 11.5 Å². The second-order valence-electron chi connectivity index (χ2n) is 6.95. The molecule has 1 aromatic carbocycles. The molecule has 0 radical (unpaired) electrons. The van der Waals surface area contributed by atoms with Gasteiger partial charge in [-0.15, -0.1) is 13.2 Å². The minimum absolute atomic E-state index is 0.0560. The zero-order valence-electron chi connectivity index (χ0n) is 16.7. The van der Waals surface area contributed by atoms with Crippen LogP contribution in [0.4, 0.5) is 19.1 Å². The maximum Gasteiger partial charge on any atom is 0.573 e. The second-order valence-corrected chi connectivity index (χ2v) is 8.96. The van der Waals surface area contributed by atoms with Crippen LogP contribution in [-0.4, -0.2) is 47.6 Å². The summed E-state index contributed by atoms with van der Waals surface area (Å²) in [5.74, 6) is -2.97. The molecule has 2 aromatic rings. The maximum absolute atomic E-state index is 12.6. The summed E-state index contributed by atoms with van der Waals surface area (Å²) in [6.45, 7) is -0.220. The number of carbonyl (C=O) groups excluding carboxylic acids is 1. The van der Waals surface area contributed by atoms with Crippen molar-refractivity contribution in [2.24, 2.45) is 7.05 Å². The fourth-order valence-corrected chi connectivity index (χ4v) is 4.70. The van der Waals surface area contributed by atoms with Gasteiger partial charge in [0, 0.05) is 20.1 Å². The molecule has 2 heterocycles. The van der Waals surface area contributed by atoms with E-state index in [1.807, 2.05) is 0 Å². The van der Waals surface area contributed by atoms with Crippen LogP contribution in [0.2, 0.25) is 0 Å². The Morgan fingerprint density at radius 2 is 2.03 bits per heavy atom. The summed E-state index contributed by atoms with van der Waals surface area (Å²) in [7, 11) is -2.54. The molecule has 0 unspecified atom stereocenters. The van der Waals surface area contributed by atoms with Crippen molar-refractivity contribution in [3.63, 3.8) is 0 Å². The van der Waals surface area contributed by atoms with Gasteiger partial charge in [0.2, 0.25) is 21.7 Å². The molecule has 174 valence electrons. The van der Waals surface area contributed by atoms with E-state index in [0.29, 0.717) is 12.8 Å². The molecule has 0 bridgehead atoms. The number of alkyl halides is 3. The van der Waals surface area contributed by atoms with E-state index in [-0.39, 0.29) is 30.4 Å². The topological polar surface area (TPSA) is 131 Å². The van der Waals surface area contributed by atoms with Gasteiger partial charge < -0.3 is 15.2 Å². The quantitative estimate of drug-likeness (QED) is 0.664. The molecule has 32 heavy (non-hydrogen) atoms. The lowest BCUT2D eigenvalue weighted by molar-refractivity contribution is -0.274. The highest BCUT2D eigenvalue weighted by atomic mass is 32.2. The van der Waals surface area contributed by atoms with Crippen molar-refractivity contribution in [3.8, 4) is 11.5 Å². The third-order valence-corrected chi connectivity index (χ3v) is 6.44. The number of nitrogens with zero attached hydrogens (tertiary/aromatic N) is 3. The zero-order chi connectivity index (χ0) is 23.7. The number of aromatic hydroxyl groups is 1. The van der Waals surface area contributed by atoms with E-state index < -0.39 is 45.0 Å². The highest BCUT2D eigenvalue weighted by Crippen LogP contribution is 2.24. The molecule has 1 fully saturated rings. The van der Waals surface area contributed by atoms with Crippen LogP contribution in [-0.2, 0) is 23.6 Å². The van der Waals surface area contributed by atoms with Crippen LogP contribution in [0, 0.1) is 0 Å². The summed E-state index contributed by atoms with van der Waals surface area (Å²) >= 11 is 0. The summed E-state index contributed by atoms with van der Waals surface area (Å²) in [5.41, 5.74) is -1.49. The summed E-state index contributed by atoms with van der Waals surface area (Å²) in [6, 6.07) is 4.84. The van der Waals surface area contributed by atoms with E-state index in [4.69, 9.17) is 0 Å². The molecule has 0 aliphatic carbocycles. The number of aromatic nitrogens is 2. The van der Waals surface area contributed by atoms with Crippen LogP contribution in [0.1, 0.15) is 28.9 Å². The fraction of sp³-hybridized carbons (Fsp3) is 0.389. The average molecular weight is 476 g/mol. The van der Waals surface area contributed by atoms with Crippen LogP contribution in [0.3, 0.4) is 0 Å². The van der Waals surface area contributed by atoms with Crippen LogP contribution in [0.25, 0.3) is 0 Å². The minimum atomic E-state index is -4.88. The Morgan fingerprint density at radius 3 is 2.69 bits per heavy atom. The Bertz CT molecular complexity index is 1200. The highest BCUT2D eigenvalue weighted by Gasteiger charge is 2.32. The first-order valence-corrected chi connectivity index (χ1v) is 10.9. The lowest BCUT2D eigenvalue weighted by atomic mass is 10.2. The number of halogens is 3. The van der Waals surface area contributed by atoms with Gasteiger partial charge in [-0.25, -0.2) is 17.7 Å². The number of sulfonamides is 1. The van der Waals surface area contributed by atoms with Gasteiger partial charge >= 0.3 is 6.36 Å². The van der Waals surface area contributed by atoms with E-state index in [1.54, 1.807) is 0 Å². The Kier molecular flexibility index (Phi) is 6.34. The number of anilines is 1. The molecule has 14 heteroatoms. The molecule has 1 aliphatic rings. The smallest absolute Gasteiger partial charge is 0.501 e. The normalized spacial score (nSPS) is 15.9. The zero-order valence-corrected chi connectivity index (χ0v) is 17.5. The number of ether oxygens (including phenoxy) is 1. The first-order valence-electron chi connectivity index (χ1n) is 9.32. The molecule has 0 saturated carbocycles. The van der Waals surface area contributed by atoms with Crippen molar-refractivity contribution >= 4 is 21.9 Å². The number of nitrogens with one attached hydrogen (secondary N) is 1. The standard InChI is InChI=1S/C18H19F3N4O6S/c1-24-16(28)14(26)13(23-17(24)25-7-2-3-8-32(25,29)30)15(27)22-10-11-5-4-6-12(9-11)31-18(19,20)21/h4-6,9,26H,2-3,7-8,10H2,1H3,(H,22,27). The van der Waals surface area contributed by atoms with Crippen LogP contribution in [0.5, 0.6) is 11.5 Å². The highest BCUT2D eigenvalue weighted by molar-refractivity contribution is 7.92. The number of carbonyl (C=O) groups is 1. The third kappa shape index (κ3) is 5.12. The molecular weight excluding hydrogens is 457 g/mol. The average Bonchev–Trinajstić information content (AvgIpc) is 2.70. The van der Waals surface area contributed by atoms with Crippen molar-refractivity contribution in [1.82, 2.24) is 14.9 Å². The van der Waals surface area contributed by atoms with Gasteiger partial charge in [0.15, 0.2) is 5.69 Å². The predicted molar refractivity (Wildman–Crippen MR) is 106 cm³/mol. The van der Waals surface area contributed by atoms with Gasteiger partial charge in [0.1, 0.15) is 5.75 Å². The van der Waals surface area contributed by atoms with E-state index >= 15 is 0 Å². The van der Waals surface area contributed by atoms with Crippen molar-refractivity contribution in [2.75, 3.05) is 16.6 Å². The van der Waals surface area contributed by atoms with Gasteiger partial charge in [-0.3, -0.25) is 14.2 Å². The lowest BCUT2D eigenvalue weighted by Crippen LogP contribution is -2.42. The van der Waals surface area contributed by atoms with Gasteiger partial charge in [-0.1, -0.05) is 12.1 Å². The van der Waals surface area contributed by atoms with Crippen LogP contribution < -0.4 is 19.9 Å². The first-order chi connectivity index (χ1) is 14.9. The van der Waals surface area contributed by atoms with E-state index in [2.05, 4.69) is 15.0 Å². The molecule has 1 amide bonds.